The highest BCUT2D eigenvalue weighted by Crippen LogP contribution is 2.19. The van der Waals surface area contributed by atoms with Crippen LogP contribution in [0.5, 0.6) is 5.75 Å². The second-order valence-electron chi connectivity index (χ2n) is 4.31. The Morgan fingerprint density at radius 2 is 1.90 bits per heavy atom. The second kappa shape index (κ2) is 8.19. The molecule has 0 aromatic heterocycles. The van der Waals surface area contributed by atoms with Gasteiger partial charge in [0.15, 0.2) is 0 Å². The van der Waals surface area contributed by atoms with E-state index >= 15 is 0 Å². The number of likely N-dealkylation sites (N-methyl/N-ethyl adjacent to an activating group) is 1. The van der Waals surface area contributed by atoms with Crippen molar-refractivity contribution in [1.82, 2.24) is 4.90 Å². The molecule has 1 aromatic rings. The zero-order valence-electron chi connectivity index (χ0n) is 12.2. The Hall–Kier alpha value is -2.04. The molecule has 0 bridgehead atoms. The van der Waals surface area contributed by atoms with Crippen molar-refractivity contribution in [2.45, 2.75) is 20.3 Å². The van der Waals surface area contributed by atoms with Gasteiger partial charge in [-0.05, 0) is 25.5 Å². The van der Waals surface area contributed by atoms with Crippen molar-refractivity contribution in [3.05, 3.63) is 29.8 Å². The zero-order valence-corrected chi connectivity index (χ0v) is 12.2. The molecule has 20 heavy (non-hydrogen) atoms. The maximum atomic E-state index is 12.3. The van der Waals surface area contributed by atoms with E-state index < -0.39 is 5.97 Å². The number of esters is 1. The summed E-state index contributed by atoms with van der Waals surface area (Å²) in [7, 11) is 1.57. The lowest BCUT2D eigenvalue weighted by molar-refractivity contribution is -0.143. The predicted octanol–water partition coefficient (Wildman–Crippen LogP) is 2.11. The van der Waals surface area contributed by atoms with E-state index in [0.717, 1.165) is 6.42 Å². The van der Waals surface area contributed by atoms with Crippen LogP contribution in [-0.4, -0.2) is 43.6 Å². The summed E-state index contributed by atoms with van der Waals surface area (Å²) in [5.74, 6) is -0.143. The monoisotopic (exact) mass is 279 g/mol. The number of nitrogens with zero attached hydrogens (tertiary/aromatic N) is 1. The topological polar surface area (TPSA) is 55.8 Å². The third-order valence-corrected chi connectivity index (χ3v) is 2.60. The Morgan fingerprint density at radius 3 is 2.55 bits per heavy atom. The molecule has 0 heterocycles. The summed E-state index contributed by atoms with van der Waals surface area (Å²) in [5, 5.41) is 0. The predicted molar refractivity (Wildman–Crippen MR) is 75.8 cm³/mol. The number of carbonyl (C=O) groups excluding carboxylic acids is 2. The van der Waals surface area contributed by atoms with E-state index in [1.807, 2.05) is 13.0 Å². The summed E-state index contributed by atoms with van der Waals surface area (Å²) in [4.78, 5) is 25.0. The molecule has 0 fully saturated rings. The Morgan fingerprint density at radius 1 is 1.20 bits per heavy atom. The molecule has 0 saturated heterocycles. The maximum Gasteiger partial charge on any atom is 0.325 e. The number of rotatable bonds is 7. The van der Waals surface area contributed by atoms with Crippen LogP contribution in [0.25, 0.3) is 0 Å². The lowest BCUT2D eigenvalue weighted by Gasteiger charge is -2.18. The van der Waals surface area contributed by atoms with Crippen molar-refractivity contribution in [2.75, 3.05) is 26.8 Å². The molecule has 1 amide bonds. The highest BCUT2D eigenvalue weighted by Gasteiger charge is 2.18. The van der Waals surface area contributed by atoms with Crippen molar-refractivity contribution in [3.63, 3.8) is 0 Å². The molecule has 0 unspecified atom stereocenters. The van der Waals surface area contributed by atoms with Crippen molar-refractivity contribution in [3.8, 4) is 5.75 Å². The van der Waals surface area contributed by atoms with Gasteiger partial charge in [-0.3, -0.25) is 9.59 Å². The number of hydrogen-bond donors (Lipinski definition) is 0. The summed E-state index contributed by atoms with van der Waals surface area (Å²) in [6.07, 6.45) is 0.862. The van der Waals surface area contributed by atoms with Gasteiger partial charge in [0, 0.05) is 7.05 Å². The van der Waals surface area contributed by atoms with Gasteiger partial charge in [-0.25, -0.2) is 0 Å². The van der Waals surface area contributed by atoms with Crippen molar-refractivity contribution >= 4 is 11.9 Å². The van der Waals surface area contributed by atoms with Gasteiger partial charge in [0.25, 0.3) is 5.91 Å². The number of carbonyl (C=O) groups is 2. The number of ether oxygens (including phenoxy) is 2. The Bertz CT molecular complexity index is 459. The molecule has 0 radical (unpaired) electrons. The molecule has 0 spiro atoms. The SMILES string of the molecule is CCCOc1ccccc1C(=O)N(C)CC(=O)OCC. The molecule has 0 aliphatic carbocycles. The Kier molecular flexibility index (Phi) is 6.56. The summed E-state index contributed by atoms with van der Waals surface area (Å²) >= 11 is 0. The minimum Gasteiger partial charge on any atom is -0.493 e. The first-order valence-corrected chi connectivity index (χ1v) is 6.73. The normalized spacial score (nSPS) is 9.95. The second-order valence-corrected chi connectivity index (χ2v) is 4.31. The lowest BCUT2D eigenvalue weighted by Crippen LogP contribution is -2.33. The fraction of sp³-hybridized carbons (Fsp3) is 0.467. The minimum atomic E-state index is -0.421. The first-order valence-electron chi connectivity index (χ1n) is 6.73. The van der Waals surface area contributed by atoms with Crippen LogP contribution in [-0.2, 0) is 9.53 Å². The van der Waals surface area contributed by atoms with Crippen molar-refractivity contribution < 1.29 is 19.1 Å². The van der Waals surface area contributed by atoms with E-state index in [1.165, 1.54) is 4.90 Å². The van der Waals surface area contributed by atoms with E-state index in [0.29, 0.717) is 24.5 Å². The Labute approximate surface area is 119 Å². The highest BCUT2D eigenvalue weighted by molar-refractivity contribution is 5.98. The van der Waals surface area contributed by atoms with Crippen molar-refractivity contribution in [2.24, 2.45) is 0 Å². The average Bonchev–Trinajstić information content (AvgIpc) is 2.44. The van der Waals surface area contributed by atoms with Crippen molar-refractivity contribution in [1.29, 1.82) is 0 Å². The molecule has 1 aromatic carbocycles. The lowest BCUT2D eigenvalue weighted by atomic mass is 10.1. The standard InChI is InChI=1S/C15H21NO4/c1-4-10-20-13-9-7-6-8-12(13)15(18)16(3)11-14(17)19-5-2/h6-9H,4-5,10-11H2,1-3H3. The van der Waals surface area contributed by atoms with E-state index in [-0.39, 0.29) is 12.5 Å². The van der Waals surface area contributed by atoms with Crippen LogP contribution < -0.4 is 4.74 Å². The zero-order chi connectivity index (χ0) is 15.0. The summed E-state index contributed by atoms with van der Waals surface area (Å²) < 4.78 is 10.4. The summed E-state index contributed by atoms with van der Waals surface area (Å²) in [5.41, 5.74) is 0.452. The molecule has 110 valence electrons. The summed E-state index contributed by atoms with van der Waals surface area (Å²) in [6.45, 7) is 4.50. The van der Waals surface area contributed by atoms with Gasteiger partial charge in [-0.2, -0.15) is 0 Å². The van der Waals surface area contributed by atoms with Gasteiger partial charge >= 0.3 is 5.97 Å². The minimum absolute atomic E-state index is 0.0746. The smallest absolute Gasteiger partial charge is 0.325 e. The van der Waals surface area contributed by atoms with Gasteiger partial charge in [-0.15, -0.1) is 0 Å². The van der Waals surface area contributed by atoms with Crippen LogP contribution in [0, 0.1) is 0 Å². The summed E-state index contributed by atoms with van der Waals surface area (Å²) in [6, 6.07) is 7.02. The van der Waals surface area contributed by atoms with Crippen LogP contribution in [0.2, 0.25) is 0 Å². The van der Waals surface area contributed by atoms with Crippen LogP contribution >= 0.6 is 0 Å². The van der Waals surface area contributed by atoms with E-state index in [9.17, 15) is 9.59 Å². The van der Waals surface area contributed by atoms with Crippen LogP contribution in [0.4, 0.5) is 0 Å². The molecule has 0 N–H and O–H groups in total. The quantitative estimate of drug-likeness (QED) is 0.717. The Balaban J connectivity index is 2.77. The molecule has 0 aliphatic heterocycles. The number of amides is 1. The number of hydrogen-bond acceptors (Lipinski definition) is 4. The molecular weight excluding hydrogens is 258 g/mol. The van der Waals surface area contributed by atoms with Crippen LogP contribution in [0.15, 0.2) is 24.3 Å². The first-order chi connectivity index (χ1) is 9.60. The third-order valence-electron chi connectivity index (χ3n) is 2.60. The number of benzene rings is 1. The molecule has 5 nitrogen and oxygen atoms in total. The molecule has 0 aliphatic rings. The fourth-order valence-corrected chi connectivity index (χ4v) is 1.66. The van der Waals surface area contributed by atoms with Gasteiger partial charge in [-0.1, -0.05) is 19.1 Å². The maximum absolute atomic E-state index is 12.3. The molecule has 0 saturated carbocycles. The van der Waals surface area contributed by atoms with Gasteiger partial charge in [0.2, 0.25) is 0 Å². The molecule has 5 heteroatoms. The number of para-hydroxylation sites is 1. The largest absolute Gasteiger partial charge is 0.493 e. The fourth-order valence-electron chi connectivity index (χ4n) is 1.66. The van der Waals surface area contributed by atoms with Gasteiger partial charge in [0.05, 0.1) is 18.8 Å². The van der Waals surface area contributed by atoms with Crippen LogP contribution in [0.3, 0.4) is 0 Å². The third kappa shape index (κ3) is 4.57. The van der Waals surface area contributed by atoms with E-state index in [1.54, 1.807) is 32.2 Å². The van der Waals surface area contributed by atoms with E-state index in [4.69, 9.17) is 9.47 Å². The van der Waals surface area contributed by atoms with Gasteiger partial charge < -0.3 is 14.4 Å². The van der Waals surface area contributed by atoms with E-state index in [2.05, 4.69) is 0 Å². The molecular formula is C15H21NO4. The molecule has 0 atom stereocenters. The van der Waals surface area contributed by atoms with Gasteiger partial charge in [0.1, 0.15) is 12.3 Å². The first kappa shape index (κ1) is 16.0. The molecule has 1 rings (SSSR count). The average molecular weight is 279 g/mol. The highest BCUT2D eigenvalue weighted by atomic mass is 16.5. The van der Waals surface area contributed by atoms with Crippen LogP contribution in [0.1, 0.15) is 30.6 Å².